The summed E-state index contributed by atoms with van der Waals surface area (Å²) >= 11 is 1.78. The van der Waals surface area contributed by atoms with Crippen LogP contribution in [0.3, 0.4) is 0 Å². The Morgan fingerprint density at radius 1 is 1.42 bits per heavy atom. The molecule has 1 rings (SSSR count). The molecule has 0 amide bonds. The molecule has 0 unspecified atom stereocenters. The summed E-state index contributed by atoms with van der Waals surface area (Å²) in [7, 11) is 0. The summed E-state index contributed by atoms with van der Waals surface area (Å²) in [4.78, 5) is 0. The summed E-state index contributed by atoms with van der Waals surface area (Å²) in [5, 5.41) is 4.43. The highest BCUT2D eigenvalue weighted by Gasteiger charge is 2.17. The van der Waals surface area contributed by atoms with E-state index >= 15 is 0 Å². The fourth-order valence-corrected chi connectivity index (χ4v) is 2.01. The van der Waals surface area contributed by atoms with Gasteiger partial charge in [0.25, 0.3) is 0 Å². The summed E-state index contributed by atoms with van der Waals surface area (Å²) in [6.07, 6.45) is 1.10. The standard InChI is InChI=1S/C10H17NS/c1-8-5-12-6-9(8)4-10(2,3)7-11/h5-6H,4,7,11H2,1-3H3. The molecule has 68 valence electrons. The number of aryl methyl sites for hydroxylation is 1. The van der Waals surface area contributed by atoms with Gasteiger partial charge in [-0.2, -0.15) is 11.3 Å². The van der Waals surface area contributed by atoms with Crippen molar-refractivity contribution in [1.82, 2.24) is 0 Å². The second kappa shape index (κ2) is 3.58. The van der Waals surface area contributed by atoms with Crippen molar-refractivity contribution in [3.05, 3.63) is 21.9 Å². The number of nitrogens with two attached hydrogens (primary N) is 1. The number of hydrogen-bond donors (Lipinski definition) is 1. The first kappa shape index (κ1) is 9.75. The van der Waals surface area contributed by atoms with Crippen molar-refractivity contribution in [2.45, 2.75) is 27.2 Å². The molecule has 1 aromatic heterocycles. The highest BCUT2D eigenvalue weighted by molar-refractivity contribution is 7.08. The molecule has 0 spiro atoms. The molecule has 0 radical (unpaired) electrons. The monoisotopic (exact) mass is 183 g/mol. The molecule has 1 heterocycles. The zero-order valence-electron chi connectivity index (χ0n) is 8.05. The Balaban J connectivity index is 2.70. The molecule has 2 N–H and O–H groups in total. The van der Waals surface area contributed by atoms with Gasteiger partial charge in [0.15, 0.2) is 0 Å². The molecule has 12 heavy (non-hydrogen) atoms. The molecule has 0 bridgehead atoms. The molecule has 0 saturated heterocycles. The van der Waals surface area contributed by atoms with E-state index in [1.807, 2.05) is 0 Å². The minimum Gasteiger partial charge on any atom is -0.330 e. The average Bonchev–Trinajstić information content (AvgIpc) is 2.36. The van der Waals surface area contributed by atoms with Gasteiger partial charge in [0, 0.05) is 0 Å². The third-order valence-electron chi connectivity index (χ3n) is 2.18. The first-order valence-electron chi connectivity index (χ1n) is 4.27. The van der Waals surface area contributed by atoms with Gasteiger partial charge in [0.05, 0.1) is 0 Å². The zero-order chi connectivity index (χ0) is 9.19. The van der Waals surface area contributed by atoms with Gasteiger partial charge in [0.2, 0.25) is 0 Å². The van der Waals surface area contributed by atoms with Crippen LogP contribution in [0.2, 0.25) is 0 Å². The van der Waals surface area contributed by atoms with Crippen LogP contribution in [0, 0.1) is 12.3 Å². The summed E-state index contributed by atoms with van der Waals surface area (Å²) in [6, 6.07) is 0. The molecule has 0 atom stereocenters. The lowest BCUT2D eigenvalue weighted by Crippen LogP contribution is -2.25. The van der Waals surface area contributed by atoms with Gasteiger partial charge in [-0.1, -0.05) is 13.8 Å². The predicted molar refractivity (Wildman–Crippen MR) is 55.6 cm³/mol. The van der Waals surface area contributed by atoms with Crippen molar-refractivity contribution in [3.63, 3.8) is 0 Å². The summed E-state index contributed by atoms with van der Waals surface area (Å²) in [5.41, 5.74) is 8.78. The van der Waals surface area contributed by atoms with Crippen LogP contribution < -0.4 is 5.73 Å². The van der Waals surface area contributed by atoms with Crippen molar-refractivity contribution in [2.75, 3.05) is 6.54 Å². The van der Waals surface area contributed by atoms with Gasteiger partial charge in [0.1, 0.15) is 0 Å². The van der Waals surface area contributed by atoms with Gasteiger partial charge >= 0.3 is 0 Å². The van der Waals surface area contributed by atoms with E-state index < -0.39 is 0 Å². The molecule has 0 aliphatic carbocycles. The summed E-state index contributed by atoms with van der Waals surface area (Å²) in [5.74, 6) is 0. The lowest BCUT2D eigenvalue weighted by molar-refractivity contribution is 0.376. The molecule has 0 saturated carbocycles. The number of rotatable bonds is 3. The maximum absolute atomic E-state index is 5.68. The van der Waals surface area contributed by atoms with Gasteiger partial charge in [-0.15, -0.1) is 0 Å². The Bertz CT molecular complexity index is 250. The topological polar surface area (TPSA) is 26.0 Å². The van der Waals surface area contributed by atoms with Crippen LogP contribution in [0.4, 0.5) is 0 Å². The minimum atomic E-state index is 0.242. The molecule has 2 heteroatoms. The van der Waals surface area contributed by atoms with Crippen LogP contribution in [-0.4, -0.2) is 6.54 Å². The van der Waals surface area contributed by atoms with E-state index in [2.05, 4.69) is 31.5 Å². The Labute approximate surface area is 78.6 Å². The quantitative estimate of drug-likeness (QED) is 0.766. The molecular weight excluding hydrogens is 166 g/mol. The predicted octanol–water partition coefficient (Wildman–Crippen LogP) is 2.58. The highest BCUT2D eigenvalue weighted by Crippen LogP contribution is 2.24. The first-order chi connectivity index (χ1) is 5.55. The maximum Gasteiger partial charge on any atom is -0.00226 e. The van der Waals surface area contributed by atoms with E-state index in [4.69, 9.17) is 5.73 Å². The Hall–Kier alpha value is -0.340. The van der Waals surface area contributed by atoms with Gasteiger partial charge in [-0.3, -0.25) is 0 Å². The van der Waals surface area contributed by atoms with Crippen molar-refractivity contribution in [2.24, 2.45) is 11.1 Å². The summed E-state index contributed by atoms with van der Waals surface area (Å²) in [6.45, 7) is 7.34. The van der Waals surface area contributed by atoms with E-state index in [0.717, 1.165) is 13.0 Å². The lowest BCUT2D eigenvalue weighted by atomic mass is 9.86. The molecule has 0 aromatic carbocycles. The number of thiophene rings is 1. The normalized spacial score (nSPS) is 12.0. The largest absolute Gasteiger partial charge is 0.330 e. The maximum atomic E-state index is 5.68. The SMILES string of the molecule is Cc1cscc1CC(C)(C)CN. The van der Waals surface area contributed by atoms with Crippen LogP contribution in [0.15, 0.2) is 10.8 Å². The fourth-order valence-electron chi connectivity index (χ4n) is 1.16. The Kier molecular flexibility index (Phi) is 2.91. The molecule has 0 fully saturated rings. The van der Waals surface area contributed by atoms with E-state index in [-0.39, 0.29) is 5.41 Å². The smallest absolute Gasteiger partial charge is 0.00226 e. The number of hydrogen-bond acceptors (Lipinski definition) is 2. The van der Waals surface area contributed by atoms with E-state index in [9.17, 15) is 0 Å². The second-order valence-corrected chi connectivity index (χ2v) is 4.87. The summed E-state index contributed by atoms with van der Waals surface area (Å²) < 4.78 is 0. The molecular formula is C10H17NS. The van der Waals surface area contributed by atoms with Gasteiger partial charge < -0.3 is 5.73 Å². The fraction of sp³-hybridized carbons (Fsp3) is 0.600. The van der Waals surface area contributed by atoms with Crippen molar-refractivity contribution >= 4 is 11.3 Å². The zero-order valence-corrected chi connectivity index (χ0v) is 8.87. The van der Waals surface area contributed by atoms with Gasteiger partial charge in [-0.25, -0.2) is 0 Å². The van der Waals surface area contributed by atoms with Crippen molar-refractivity contribution < 1.29 is 0 Å². The molecule has 0 aliphatic rings. The van der Waals surface area contributed by atoms with Crippen molar-refractivity contribution in [3.8, 4) is 0 Å². The Morgan fingerprint density at radius 2 is 2.08 bits per heavy atom. The Morgan fingerprint density at radius 3 is 2.50 bits per heavy atom. The second-order valence-electron chi connectivity index (χ2n) is 4.13. The van der Waals surface area contributed by atoms with Crippen LogP contribution in [-0.2, 0) is 6.42 Å². The van der Waals surface area contributed by atoms with Crippen LogP contribution in [0.5, 0.6) is 0 Å². The lowest BCUT2D eigenvalue weighted by Gasteiger charge is -2.21. The van der Waals surface area contributed by atoms with Gasteiger partial charge in [-0.05, 0) is 47.2 Å². The van der Waals surface area contributed by atoms with Crippen molar-refractivity contribution in [1.29, 1.82) is 0 Å². The third kappa shape index (κ3) is 2.32. The van der Waals surface area contributed by atoms with Crippen LogP contribution >= 0.6 is 11.3 Å². The van der Waals surface area contributed by atoms with E-state index in [1.54, 1.807) is 11.3 Å². The first-order valence-corrected chi connectivity index (χ1v) is 5.21. The van der Waals surface area contributed by atoms with Crippen LogP contribution in [0.1, 0.15) is 25.0 Å². The average molecular weight is 183 g/mol. The minimum absolute atomic E-state index is 0.242. The molecule has 0 aliphatic heterocycles. The highest BCUT2D eigenvalue weighted by atomic mass is 32.1. The van der Waals surface area contributed by atoms with E-state index in [0.29, 0.717) is 0 Å². The van der Waals surface area contributed by atoms with Crippen LogP contribution in [0.25, 0.3) is 0 Å². The third-order valence-corrected chi connectivity index (χ3v) is 3.09. The van der Waals surface area contributed by atoms with E-state index in [1.165, 1.54) is 11.1 Å². The molecule has 1 nitrogen and oxygen atoms in total. The molecule has 1 aromatic rings.